The number of rotatable bonds is 3. The van der Waals surface area contributed by atoms with Crippen LogP contribution in [0, 0.1) is 11.3 Å². The molecule has 0 radical (unpaired) electrons. The monoisotopic (exact) mass is 303 g/mol. The van der Waals surface area contributed by atoms with Gasteiger partial charge in [0.05, 0.1) is 5.69 Å². The van der Waals surface area contributed by atoms with Crippen LogP contribution in [0.25, 0.3) is 0 Å². The molecule has 0 saturated heterocycles. The van der Waals surface area contributed by atoms with Crippen LogP contribution in [0.2, 0.25) is 0 Å². The molecule has 1 aromatic heterocycles. The van der Waals surface area contributed by atoms with E-state index in [0.29, 0.717) is 18.2 Å². The fourth-order valence-electron chi connectivity index (χ4n) is 1.39. The molecule has 5 heteroatoms. The van der Waals surface area contributed by atoms with Crippen molar-refractivity contribution >= 4 is 21.6 Å². The second kappa shape index (κ2) is 5.52. The standard InChI is InChI=1S/C13H10BrN3O/c14-10-4-2-1-3-9(10)8-18-13-6-5-11(16)12(7-15)17-13/h1-6H,8,16H2. The summed E-state index contributed by atoms with van der Waals surface area (Å²) in [4.78, 5) is 4.01. The van der Waals surface area contributed by atoms with Crippen molar-refractivity contribution in [2.24, 2.45) is 0 Å². The van der Waals surface area contributed by atoms with Gasteiger partial charge in [0, 0.05) is 16.1 Å². The zero-order valence-corrected chi connectivity index (χ0v) is 11.0. The maximum Gasteiger partial charge on any atom is 0.214 e. The normalized spacial score (nSPS) is 9.78. The maximum atomic E-state index is 8.82. The zero-order chi connectivity index (χ0) is 13.0. The molecule has 0 aliphatic rings. The Hall–Kier alpha value is -2.06. The highest BCUT2D eigenvalue weighted by atomic mass is 79.9. The van der Waals surface area contributed by atoms with E-state index < -0.39 is 0 Å². The highest BCUT2D eigenvalue weighted by molar-refractivity contribution is 9.10. The van der Waals surface area contributed by atoms with Crippen molar-refractivity contribution < 1.29 is 4.74 Å². The Morgan fingerprint density at radius 2 is 2.06 bits per heavy atom. The lowest BCUT2D eigenvalue weighted by molar-refractivity contribution is 0.293. The first-order chi connectivity index (χ1) is 8.70. The van der Waals surface area contributed by atoms with E-state index in [9.17, 15) is 0 Å². The molecule has 0 saturated carbocycles. The van der Waals surface area contributed by atoms with Gasteiger partial charge in [-0.2, -0.15) is 5.26 Å². The third-order valence-corrected chi connectivity index (χ3v) is 3.11. The maximum absolute atomic E-state index is 8.82. The topological polar surface area (TPSA) is 71.9 Å². The molecular weight excluding hydrogens is 294 g/mol. The Bertz CT molecular complexity index is 607. The van der Waals surface area contributed by atoms with Crippen LogP contribution < -0.4 is 10.5 Å². The summed E-state index contributed by atoms with van der Waals surface area (Å²) in [6.07, 6.45) is 0. The van der Waals surface area contributed by atoms with E-state index in [1.807, 2.05) is 30.3 Å². The molecule has 1 heterocycles. The molecule has 0 amide bonds. The van der Waals surface area contributed by atoms with E-state index in [0.717, 1.165) is 10.0 Å². The van der Waals surface area contributed by atoms with E-state index in [2.05, 4.69) is 20.9 Å². The summed E-state index contributed by atoms with van der Waals surface area (Å²) < 4.78 is 6.50. The molecule has 0 bridgehead atoms. The molecule has 90 valence electrons. The van der Waals surface area contributed by atoms with Crippen molar-refractivity contribution in [3.63, 3.8) is 0 Å². The van der Waals surface area contributed by atoms with Crippen LogP contribution >= 0.6 is 15.9 Å². The van der Waals surface area contributed by atoms with Crippen molar-refractivity contribution in [3.8, 4) is 11.9 Å². The quantitative estimate of drug-likeness (QED) is 0.946. The Labute approximate surface area is 113 Å². The van der Waals surface area contributed by atoms with Crippen LogP contribution in [0.3, 0.4) is 0 Å². The number of aromatic nitrogens is 1. The predicted molar refractivity (Wildman–Crippen MR) is 71.8 cm³/mol. The van der Waals surface area contributed by atoms with Gasteiger partial charge in [-0.05, 0) is 12.1 Å². The van der Waals surface area contributed by atoms with Crippen molar-refractivity contribution in [1.82, 2.24) is 4.98 Å². The number of hydrogen-bond acceptors (Lipinski definition) is 4. The summed E-state index contributed by atoms with van der Waals surface area (Å²) in [7, 11) is 0. The number of nitrogen functional groups attached to an aromatic ring is 1. The van der Waals surface area contributed by atoms with Gasteiger partial charge in [0.15, 0.2) is 5.69 Å². The average Bonchev–Trinajstić information content (AvgIpc) is 2.39. The van der Waals surface area contributed by atoms with Gasteiger partial charge >= 0.3 is 0 Å². The number of pyridine rings is 1. The third-order valence-electron chi connectivity index (χ3n) is 2.34. The van der Waals surface area contributed by atoms with E-state index in [1.165, 1.54) is 0 Å². The minimum absolute atomic E-state index is 0.180. The molecule has 0 spiro atoms. The first-order valence-corrected chi connectivity index (χ1v) is 6.03. The number of nitriles is 1. The van der Waals surface area contributed by atoms with E-state index in [4.69, 9.17) is 15.7 Å². The van der Waals surface area contributed by atoms with E-state index in [1.54, 1.807) is 12.1 Å². The summed E-state index contributed by atoms with van der Waals surface area (Å²) in [6.45, 7) is 0.378. The number of benzene rings is 1. The van der Waals surface area contributed by atoms with Gasteiger partial charge in [0.1, 0.15) is 12.7 Å². The number of halogens is 1. The number of anilines is 1. The van der Waals surface area contributed by atoms with Crippen LogP contribution in [-0.2, 0) is 6.61 Å². The van der Waals surface area contributed by atoms with Gasteiger partial charge < -0.3 is 10.5 Å². The highest BCUT2D eigenvalue weighted by Crippen LogP contribution is 2.19. The molecule has 0 atom stereocenters. The van der Waals surface area contributed by atoms with Crippen LogP contribution in [0.15, 0.2) is 40.9 Å². The van der Waals surface area contributed by atoms with Gasteiger partial charge in [0.2, 0.25) is 5.88 Å². The largest absolute Gasteiger partial charge is 0.473 e. The second-order valence-electron chi connectivity index (χ2n) is 3.58. The molecule has 2 N–H and O–H groups in total. The zero-order valence-electron chi connectivity index (χ0n) is 9.43. The van der Waals surface area contributed by atoms with Gasteiger partial charge in [-0.15, -0.1) is 0 Å². The van der Waals surface area contributed by atoms with Gasteiger partial charge in [-0.1, -0.05) is 34.1 Å². The van der Waals surface area contributed by atoms with E-state index >= 15 is 0 Å². The molecule has 2 aromatic rings. The smallest absolute Gasteiger partial charge is 0.214 e. The van der Waals surface area contributed by atoms with Crippen LogP contribution in [0.1, 0.15) is 11.3 Å². The summed E-state index contributed by atoms with van der Waals surface area (Å²) in [5.41, 5.74) is 7.12. The Morgan fingerprint density at radius 3 is 2.78 bits per heavy atom. The molecule has 0 unspecified atom stereocenters. The van der Waals surface area contributed by atoms with Crippen LogP contribution in [-0.4, -0.2) is 4.98 Å². The summed E-state index contributed by atoms with van der Waals surface area (Å²) in [5, 5.41) is 8.82. The second-order valence-corrected chi connectivity index (χ2v) is 4.43. The minimum atomic E-state index is 0.180. The molecule has 0 aliphatic carbocycles. The van der Waals surface area contributed by atoms with Crippen molar-refractivity contribution in [2.45, 2.75) is 6.61 Å². The van der Waals surface area contributed by atoms with Gasteiger partial charge in [0.25, 0.3) is 0 Å². The summed E-state index contributed by atoms with van der Waals surface area (Å²) in [6, 6.07) is 12.9. The molecule has 1 aromatic carbocycles. The average molecular weight is 304 g/mol. The van der Waals surface area contributed by atoms with Crippen LogP contribution in [0.5, 0.6) is 5.88 Å². The lowest BCUT2D eigenvalue weighted by Crippen LogP contribution is -2.00. The third kappa shape index (κ3) is 2.79. The number of hydrogen-bond donors (Lipinski definition) is 1. The Balaban J connectivity index is 2.12. The number of nitrogens with zero attached hydrogens (tertiary/aromatic N) is 2. The van der Waals surface area contributed by atoms with Gasteiger partial charge in [-0.3, -0.25) is 0 Å². The van der Waals surface area contributed by atoms with Crippen LogP contribution in [0.4, 0.5) is 5.69 Å². The van der Waals surface area contributed by atoms with Crippen molar-refractivity contribution in [2.75, 3.05) is 5.73 Å². The first-order valence-electron chi connectivity index (χ1n) is 5.23. The fraction of sp³-hybridized carbons (Fsp3) is 0.0769. The molecule has 0 fully saturated rings. The number of ether oxygens (including phenoxy) is 1. The van der Waals surface area contributed by atoms with Gasteiger partial charge in [-0.25, -0.2) is 4.98 Å². The Kier molecular flexibility index (Phi) is 3.80. The highest BCUT2D eigenvalue weighted by Gasteiger charge is 2.04. The minimum Gasteiger partial charge on any atom is -0.473 e. The van der Waals surface area contributed by atoms with Crippen molar-refractivity contribution in [3.05, 3.63) is 52.1 Å². The summed E-state index contributed by atoms with van der Waals surface area (Å²) in [5.74, 6) is 0.386. The molecular formula is C13H10BrN3O. The number of nitrogens with two attached hydrogens (primary N) is 1. The fourth-order valence-corrected chi connectivity index (χ4v) is 1.79. The first kappa shape index (κ1) is 12.4. The molecule has 18 heavy (non-hydrogen) atoms. The molecule has 2 rings (SSSR count). The molecule has 4 nitrogen and oxygen atoms in total. The lowest BCUT2D eigenvalue weighted by atomic mass is 10.2. The SMILES string of the molecule is N#Cc1nc(OCc2ccccc2Br)ccc1N. The Morgan fingerprint density at radius 1 is 1.28 bits per heavy atom. The lowest BCUT2D eigenvalue weighted by Gasteiger charge is -2.07. The predicted octanol–water partition coefficient (Wildman–Crippen LogP) is 2.88. The molecule has 0 aliphatic heterocycles. The van der Waals surface area contributed by atoms with Crippen molar-refractivity contribution in [1.29, 1.82) is 5.26 Å². The summed E-state index contributed by atoms with van der Waals surface area (Å²) >= 11 is 3.44. The van der Waals surface area contributed by atoms with E-state index in [-0.39, 0.29) is 5.69 Å².